The van der Waals surface area contributed by atoms with Gasteiger partial charge in [-0.05, 0) is 30.2 Å². The van der Waals surface area contributed by atoms with Crippen LogP contribution in [0.25, 0.3) is 0 Å². The highest BCUT2D eigenvalue weighted by atomic mass is 79.9. The average Bonchev–Trinajstić information content (AvgIpc) is 2.41. The van der Waals surface area contributed by atoms with Gasteiger partial charge in [0.2, 0.25) is 0 Å². The average molecular weight is 356 g/mol. The van der Waals surface area contributed by atoms with Crippen molar-refractivity contribution < 1.29 is 4.92 Å². The number of hydrogen-bond donors (Lipinski definition) is 1. The lowest BCUT2D eigenvalue weighted by atomic mass is 10.1. The van der Waals surface area contributed by atoms with Crippen LogP contribution < -0.4 is 5.32 Å². The molecule has 6 heteroatoms. The number of nitro benzene ring substituents is 1. The van der Waals surface area contributed by atoms with E-state index in [0.717, 1.165) is 15.6 Å². The molecule has 0 radical (unpaired) electrons. The van der Waals surface area contributed by atoms with Crippen molar-refractivity contribution in [2.24, 2.45) is 0 Å². The molecule has 2 rings (SSSR count). The zero-order valence-corrected chi connectivity index (χ0v) is 13.0. The summed E-state index contributed by atoms with van der Waals surface area (Å²) in [6.45, 7) is 2.55. The monoisotopic (exact) mass is 354 g/mol. The van der Waals surface area contributed by atoms with Crippen molar-refractivity contribution in [1.82, 2.24) is 0 Å². The van der Waals surface area contributed by atoms with Gasteiger partial charge in [-0.1, -0.05) is 39.7 Å². The maximum absolute atomic E-state index is 10.7. The second kappa shape index (κ2) is 6.24. The SMILES string of the molecule is Cc1ccc(CNc2cc([N+](=O)[O-])ccc2Cl)cc1Br. The van der Waals surface area contributed by atoms with E-state index in [9.17, 15) is 10.1 Å². The van der Waals surface area contributed by atoms with Crippen LogP contribution in [0.4, 0.5) is 11.4 Å². The molecule has 0 amide bonds. The van der Waals surface area contributed by atoms with Gasteiger partial charge in [0.15, 0.2) is 0 Å². The van der Waals surface area contributed by atoms with Crippen molar-refractivity contribution in [1.29, 1.82) is 0 Å². The predicted molar refractivity (Wildman–Crippen MR) is 84.3 cm³/mol. The van der Waals surface area contributed by atoms with Gasteiger partial charge >= 0.3 is 0 Å². The van der Waals surface area contributed by atoms with Crippen molar-refractivity contribution in [2.45, 2.75) is 13.5 Å². The van der Waals surface area contributed by atoms with Crippen LogP contribution in [0.1, 0.15) is 11.1 Å². The Kier molecular flexibility index (Phi) is 4.62. The molecule has 0 atom stereocenters. The Labute approximate surface area is 130 Å². The topological polar surface area (TPSA) is 55.2 Å². The van der Waals surface area contributed by atoms with Crippen LogP contribution in [0.2, 0.25) is 5.02 Å². The van der Waals surface area contributed by atoms with E-state index in [1.165, 1.54) is 18.2 Å². The Morgan fingerprint density at radius 3 is 2.70 bits per heavy atom. The van der Waals surface area contributed by atoms with Gasteiger partial charge in [-0.15, -0.1) is 0 Å². The van der Waals surface area contributed by atoms with Crippen LogP contribution in [-0.4, -0.2) is 4.92 Å². The second-order valence-corrected chi connectivity index (χ2v) is 5.62. The Morgan fingerprint density at radius 2 is 2.05 bits per heavy atom. The lowest BCUT2D eigenvalue weighted by molar-refractivity contribution is -0.384. The van der Waals surface area contributed by atoms with Gasteiger partial charge in [-0.3, -0.25) is 10.1 Å². The highest BCUT2D eigenvalue weighted by Gasteiger charge is 2.09. The zero-order chi connectivity index (χ0) is 14.7. The molecule has 0 spiro atoms. The molecule has 0 saturated heterocycles. The first-order valence-electron chi connectivity index (χ1n) is 5.90. The summed E-state index contributed by atoms with van der Waals surface area (Å²) in [5, 5.41) is 14.3. The van der Waals surface area contributed by atoms with Gasteiger partial charge in [0.05, 0.1) is 15.6 Å². The van der Waals surface area contributed by atoms with Crippen molar-refractivity contribution in [3.63, 3.8) is 0 Å². The van der Waals surface area contributed by atoms with E-state index in [1.807, 2.05) is 25.1 Å². The van der Waals surface area contributed by atoms with Crippen molar-refractivity contribution in [2.75, 3.05) is 5.32 Å². The first-order chi connectivity index (χ1) is 9.47. The highest BCUT2D eigenvalue weighted by molar-refractivity contribution is 9.10. The number of non-ortho nitro benzene ring substituents is 1. The normalized spacial score (nSPS) is 10.3. The molecular formula is C14H12BrClN2O2. The van der Waals surface area contributed by atoms with Crippen LogP contribution in [0.3, 0.4) is 0 Å². The van der Waals surface area contributed by atoms with Gasteiger partial charge in [0.25, 0.3) is 5.69 Å². The Bertz CT molecular complexity index is 662. The minimum absolute atomic E-state index is 0.0157. The van der Waals surface area contributed by atoms with Crippen LogP contribution in [-0.2, 0) is 6.54 Å². The summed E-state index contributed by atoms with van der Waals surface area (Å²) in [6, 6.07) is 10.4. The quantitative estimate of drug-likeness (QED) is 0.625. The summed E-state index contributed by atoms with van der Waals surface area (Å²) in [6.07, 6.45) is 0. The maximum atomic E-state index is 10.7. The van der Waals surface area contributed by atoms with Gasteiger partial charge in [0.1, 0.15) is 0 Å². The number of anilines is 1. The molecule has 2 aromatic rings. The van der Waals surface area contributed by atoms with Gasteiger partial charge < -0.3 is 5.32 Å². The summed E-state index contributed by atoms with van der Waals surface area (Å²) < 4.78 is 1.03. The standard InChI is InChI=1S/C14H12BrClN2O2/c1-9-2-3-10(6-12(9)15)8-17-14-7-11(18(19)20)4-5-13(14)16/h2-7,17H,8H2,1H3. The van der Waals surface area contributed by atoms with E-state index in [-0.39, 0.29) is 5.69 Å². The molecule has 0 heterocycles. The molecule has 4 nitrogen and oxygen atoms in total. The Morgan fingerprint density at radius 1 is 1.30 bits per heavy atom. The second-order valence-electron chi connectivity index (χ2n) is 4.36. The molecular weight excluding hydrogens is 344 g/mol. The predicted octanol–water partition coefficient (Wildman–Crippen LogP) is 4.93. The number of nitro groups is 1. The van der Waals surface area contributed by atoms with E-state index in [0.29, 0.717) is 17.3 Å². The van der Waals surface area contributed by atoms with Crippen LogP contribution in [0.15, 0.2) is 40.9 Å². The third kappa shape index (κ3) is 3.49. The van der Waals surface area contributed by atoms with Crippen molar-refractivity contribution in [3.05, 3.63) is 67.1 Å². The fourth-order valence-electron chi connectivity index (χ4n) is 1.71. The third-order valence-electron chi connectivity index (χ3n) is 2.88. The lowest BCUT2D eigenvalue weighted by Gasteiger charge is -2.09. The Balaban J connectivity index is 2.15. The lowest BCUT2D eigenvalue weighted by Crippen LogP contribution is -2.01. The summed E-state index contributed by atoms with van der Waals surface area (Å²) in [7, 11) is 0. The fraction of sp³-hybridized carbons (Fsp3) is 0.143. The molecule has 0 unspecified atom stereocenters. The first kappa shape index (κ1) is 14.8. The third-order valence-corrected chi connectivity index (χ3v) is 4.06. The summed E-state index contributed by atoms with van der Waals surface area (Å²) >= 11 is 9.50. The molecule has 20 heavy (non-hydrogen) atoms. The molecule has 0 aliphatic carbocycles. The zero-order valence-electron chi connectivity index (χ0n) is 10.7. The number of halogens is 2. The number of nitrogens with one attached hydrogen (secondary N) is 1. The van der Waals surface area contributed by atoms with Crippen molar-refractivity contribution >= 4 is 38.9 Å². The summed E-state index contributed by atoms with van der Waals surface area (Å²) in [5.41, 5.74) is 2.78. The van der Waals surface area contributed by atoms with E-state index < -0.39 is 4.92 Å². The molecule has 0 fully saturated rings. The van der Waals surface area contributed by atoms with E-state index >= 15 is 0 Å². The first-order valence-corrected chi connectivity index (χ1v) is 7.07. The highest BCUT2D eigenvalue weighted by Crippen LogP contribution is 2.27. The molecule has 2 aromatic carbocycles. The molecule has 0 bridgehead atoms. The van der Waals surface area contributed by atoms with Crippen LogP contribution >= 0.6 is 27.5 Å². The minimum Gasteiger partial charge on any atom is -0.380 e. The minimum atomic E-state index is -0.441. The largest absolute Gasteiger partial charge is 0.380 e. The molecule has 0 saturated carbocycles. The van der Waals surface area contributed by atoms with Crippen LogP contribution in [0, 0.1) is 17.0 Å². The number of hydrogen-bond acceptors (Lipinski definition) is 3. The molecule has 1 N–H and O–H groups in total. The van der Waals surface area contributed by atoms with Crippen molar-refractivity contribution in [3.8, 4) is 0 Å². The summed E-state index contributed by atoms with van der Waals surface area (Å²) in [5.74, 6) is 0. The van der Waals surface area contributed by atoms with E-state index in [2.05, 4.69) is 21.2 Å². The molecule has 0 aliphatic heterocycles. The van der Waals surface area contributed by atoms with Crippen LogP contribution in [0.5, 0.6) is 0 Å². The number of rotatable bonds is 4. The number of aryl methyl sites for hydroxylation is 1. The van der Waals surface area contributed by atoms with Gasteiger partial charge in [-0.2, -0.15) is 0 Å². The number of nitrogens with zero attached hydrogens (tertiary/aromatic N) is 1. The summed E-state index contributed by atoms with van der Waals surface area (Å²) in [4.78, 5) is 10.3. The Hall–Kier alpha value is -1.59. The smallest absolute Gasteiger partial charge is 0.271 e. The molecule has 104 valence electrons. The van der Waals surface area contributed by atoms with Gasteiger partial charge in [0, 0.05) is 23.2 Å². The number of benzene rings is 2. The fourth-order valence-corrected chi connectivity index (χ4v) is 2.32. The van der Waals surface area contributed by atoms with Gasteiger partial charge in [-0.25, -0.2) is 0 Å². The van der Waals surface area contributed by atoms with E-state index in [1.54, 1.807) is 0 Å². The maximum Gasteiger partial charge on any atom is 0.271 e. The molecule has 0 aliphatic rings. The van der Waals surface area contributed by atoms with E-state index in [4.69, 9.17) is 11.6 Å². The molecule has 0 aromatic heterocycles.